The van der Waals surface area contributed by atoms with Crippen molar-refractivity contribution in [2.45, 2.75) is 32.8 Å². The first-order valence-corrected chi connectivity index (χ1v) is 4.45. The third kappa shape index (κ3) is 11.4. The highest BCUT2D eigenvalue weighted by atomic mass is 16.6. The summed E-state index contributed by atoms with van der Waals surface area (Å²) in [7, 11) is 0. The van der Waals surface area contributed by atoms with E-state index in [1.54, 1.807) is 0 Å². The molecule has 5 heteroatoms. The minimum Gasteiger partial charge on any atom is -0.460 e. The van der Waals surface area contributed by atoms with E-state index in [4.69, 9.17) is 15.2 Å². The van der Waals surface area contributed by atoms with E-state index >= 15 is 0 Å². The van der Waals surface area contributed by atoms with Crippen LogP contribution >= 0.6 is 0 Å². The van der Waals surface area contributed by atoms with Gasteiger partial charge in [0, 0.05) is 6.54 Å². The predicted octanol–water partition coefficient (Wildman–Crippen LogP) is 0.856. The maximum absolute atomic E-state index is 11.1. The van der Waals surface area contributed by atoms with Crippen LogP contribution in [0.2, 0.25) is 0 Å². The largest absolute Gasteiger partial charge is 0.460 e. The molecule has 0 aromatic rings. The van der Waals surface area contributed by atoms with E-state index in [1.165, 1.54) is 0 Å². The summed E-state index contributed by atoms with van der Waals surface area (Å²) >= 11 is 0. The second-order valence-electron chi connectivity index (χ2n) is 3.74. The van der Waals surface area contributed by atoms with Gasteiger partial charge in [0.25, 0.3) is 0 Å². The molecule has 0 aliphatic heterocycles. The Kier molecular flexibility index (Phi) is 8.72. The van der Waals surface area contributed by atoms with E-state index in [9.17, 15) is 4.79 Å². The standard InChI is InChI=1S/C9H19NO3.H3N/c1-9(2,3)13-8(11)4-6-12-7-5-10;/h4-7,10H2,1-3H3;1H3. The van der Waals surface area contributed by atoms with Crippen LogP contribution < -0.4 is 11.9 Å². The van der Waals surface area contributed by atoms with Gasteiger partial charge in [-0.05, 0) is 20.8 Å². The molecule has 0 radical (unpaired) electrons. The molecule has 0 heterocycles. The van der Waals surface area contributed by atoms with Gasteiger partial charge in [0.2, 0.25) is 0 Å². The van der Waals surface area contributed by atoms with Gasteiger partial charge in [-0.3, -0.25) is 4.79 Å². The van der Waals surface area contributed by atoms with Crippen molar-refractivity contribution in [3.05, 3.63) is 0 Å². The average Bonchev–Trinajstić information content (AvgIpc) is 1.94. The molecule has 86 valence electrons. The fourth-order valence-corrected chi connectivity index (χ4v) is 0.733. The smallest absolute Gasteiger partial charge is 0.308 e. The van der Waals surface area contributed by atoms with Crippen LogP contribution in [0.5, 0.6) is 0 Å². The van der Waals surface area contributed by atoms with Gasteiger partial charge < -0.3 is 21.4 Å². The minimum atomic E-state index is -0.412. The van der Waals surface area contributed by atoms with Crippen molar-refractivity contribution in [1.29, 1.82) is 0 Å². The molecule has 0 amide bonds. The van der Waals surface area contributed by atoms with E-state index < -0.39 is 5.60 Å². The molecule has 0 saturated carbocycles. The van der Waals surface area contributed by atoms with Gasteiger partial charge in [0.1, 0.15) is 5.60 Å². The Morgan fingerprint density at radius 3 is 2.29 bits per heavy atom. The number of nitrogens with two attached hydrogens (primary N) is 1. The second kappa shape index (κ2) is 7.73. The zero-order chi connectivity index (χ0) is 10.3. The summed E-state index contributed by atoms with van der Waals surface area (Å²) in [5.41, 5.74) is 4.79. The molecule has 0 fully saturated rings. The van der Waals surface area contributed by atoms with Crippen molar-refractivity contribution < 1.29 is 14.3 Å². The normalized spacial score (nSPS) is 10.6. The number of ether oxygens (including phenoxy) is 2. The van der Waals surface area contributed by atoms with Gasteiger partial charge in [-0.15, -0.1) is 0 Å². The lowest BCUT2D eigenvalue weighted by molar-refractivity contribution is -0.155. The molecule has 0 aromatic carbocycles. The summed E-state index contributed by atoms with van der Waals surface area (Å²) in [5, 5.41) is 0. The first kappa shape index (κ1) is 15.8. The van der Waals surface area contributed by atoms with E-state index in [1.807, 2.05) is 20.8 Å². The molecule has 0 rings (SSSR count). The van der Waals surface area contributed by atoms with Crippen molar-refractivity contribution in [3.63, 3.8) is 0 Å². The lowest BCUT2D eigenvalue weighted by Crippen LogP contribution is -2.24. The van der Waals surface area contributed by atoms with Crippen molar-refractivity contribution in [1.82, 2.24) is 6.15 Å². The topological polar surface area (TPSA) is 96.5 Å². The Bertz CT molecular complexity index is 155. The molecule has 5 N–H and O–H groups in total. The van der Waals surface area contributed by atoms with Crippen molar-refractivity contribution in [2.24, 2.45) is 5.73 Å². The zero-order valence-electron chi connectivity index (χ0n) is 9.34. The number of hydrogen-bond acceptors (Lipinski definition) is 5. The summed E-state index contributed by atoms with van der Waals surface area (Å²) in [6.07, 6.45) is 0.289. The predicted molar refractivity (Wildman–Crippen MR) is 55.4 cm³/mol. The highest BCUT2D eigenvalue weighted by Crippen LogP contribution is 2.07. The fraction of sp³-hybridized carbons (Fsp3) is 0.889. The highest BCUT2D eigenvalue weighted by molar-refractivity contribution is 5.69. The van der Waals surface area contributed by atoms with Crippen LogP contribution in [0.3, 0.4) is 0 Å². The Balaban J connectivity index is 0. The second-order valence-corrected chi connectivity index (χ2v) is 3.74. The lowest BCUT2D eigenvalue weighted by Gasteiger charge is -2.19. The third-order valence-electron chi connectivity index (χ3n) is 1.13. The molecule has 0 aromatic heterocycles. The van der Waals surface area contributed by atoms with Gasteiger partial charge in [0.05, 0.1) is 19.6 Å². The van der Waals surface area contributed by atoms with E-state index in [-0.39, 0.29) is 18.5 Å². The number of carbonyl (C=O) groups excluding carboxylic acids is 1. The molecular formula is C9H22N2O3. The Morgan fingerprint density at radius 1 is 1.29 bits per heavy atom. The Hall–Kier alpha value is -0.650. The average molecular weight is 206 g/mol. The summed E-state index contributed by atoms with van der Waals surface area (Å²) in [6, 6.07) is 0. The van der Waals surface area contributed by atoms with E-state index in [0.717, 1.165) is 0 Å². The first-order chi connectivity index (χ1) is 5.95. The van der Waals surface area contributed by atoms with Crippen LogP contribution in [0.4, 0.5) is 0 Å². The van der Waals surface area contributed by atoms with Crippen LogP contribution in [-0.2, 0) is 14.3 Å². The van der Waals surface area contributed by atoms with Gasteiger partial charge >= 0.3 is 5.97 Å². The van der Waals surface area contributed by atoms with Crippen molar-refractivity contribution >= 4 is 5.97 Å². The van der Waals surface area contributed by atoms with Crippen molar-refractivity contribution in [3.8, 4) is 0 Å². The van der Waals surface area contributed by atoms with Crippen LogP contribution in [0.1, 0.15) is 27.2 Å². The zero-order valence-corrected chi connectivity index (χ0v) is 9.34. The SMILES string of the molecule is CC(C)(C)OC(=O)CCOCCN.N. The number of hydrogen-bond donors (Lipinski definition) is 2. The van der Waals surface area contributed by atoms with Crippen LogP contribution in [0, 0.1) is 0 Å². The first-order valence-electron chi connectivity index (χ1n) is 4.45. The Morgan fingerprint density at radius 2 is 1.86 bits per heavy atom. The van der Waals surface area contributed by atoms with Gasteiger partial charge in [0.15, 0.2) is 0 Å². The van der Waals surface area contributed by atoms with Crippen LogP contribution in [0.15, 0.2) is 0 Å². The monoisotopic (exact) mass is 206 g/mol. The molecule has 0 atom stereocenters. The molecule has 0 bridgehead atoms. The summed E-state index contributed by atoms with van der Waals surface area (Å²) in [6.45, 7) is 6.87. The van der Waals surface area contributed by atoms with E-state index in [0.29, 0.717) is 19.8 Å². The number of esters is 1. The van der Waals surface area contributed by atoms with Gasteiger partial charge in [-0.2, -0.15) is 0 Å². The summed E-state index contributed by atoms with van der Waals surface area (Å²) in [4.78, 5) is 11.1. The number of rotatable bonds is 5. The maximum atomic E-state index is 11.1. The number of carbonyl (C=O) groups is 1. The molecule has 0 unspecified atom stereocenters. The molecule has 0 spiro atoms. The van der Waals surface area contributed by atoms with Gasteiger partial charge in [-0.25, -0.2) is 0 Å². The van der Waals surface area contributed by atoms with Crippen LogP contribution in [-0.4, -0.2) is 31.3 Å². The molecule has 0 aliphatic carbocycles. The molecule has 0 aliphatic rings. The summed E-state index contributed by atoms with van der Waals surface area (Å²) in [5.74, 6) is -0.232. The molecule has 14 heavy (non-hydrogen) atoms. The third-order valence-corrected chi connectivity index (χ3v) is 1.13. The van der Waals surface area contributed by atoms with Gasteiger partial charge in [-0.1, -0.05) is 0 Å². The minimum absolute atomic E-state index is 0. The van der Waals surface area contributed by atoms with Crippen molar-refractivity contribution in [2.75, 3.05) is 19.8 Å². The molecule has 5 nitrogen and oxygen atoms in total. The fourth-order valence-electron chi connectivity index (χ4n) is 0.733. The highest BCUT2D eigenvalue weighted by Gasteiger charge is 2.15. The maximum Gasteiger partial charge on any atom is 0.308 e. The summed E-state index contributed by atoms with van der Waals surface area (Å²) < 4.78 is 10.1. The Labute approximate surface area is 85.5 Å². The quantitative estimate of drug-likeness (QED) is 0.513. The lowest BCUT2D eigenvalue weighted by atomic mass is 10.2. The molecular weight excluding hydrogens is 184 g/mol. The van der Waals surface area contributed by atoms with Crippen LogP contribution in [0.25, 0.3) is 0 Å². The van der Waals surface area contributed by atoms with E-state index in [2.05, 4.69) is 0 Å². The molecule has 0 saturated heterocycles.